The van der Waals surface area contributed by atoms with Crippen LogP contribution in [-0.4, -0.2) is 21.0 Å². The van der Waals surface area contributed by atoms with Gasteiger partial charge in [-0.05, 0) is 39.3 Å². The molecule has 0 aliphatic carbocycles. The summed E-state index contributed by atoms with van der Waals surface area (Å²) in [7, 11) is 0. The van der Waals surface area contributed by atoms with Crippen LogP contribution >= 0.6 is 0 Å². The molecule has 0 saturated carbocycles. The van der Waals surface area contributed by atoms with Crippen molar-refractivity contribution in [2.45, 2.75) is 33.3 Å². The molecule has 2 rings (SSSR count). The SMILES string of the molecule is Cc1ccc2nc(C(=O)OC(C)(C)C)c(N)n2c1. The molecule has 0 spiro atoms. The lowest BCUT2D eigenvalue weighted by Gasteiger charge is -2.18. The van der Waals surface area contributed by atoms with Crippen LogP contribution in [0.3, 0.4) is 0 Å². The molecule has 18 heavy (non-hydrogen) atoms. The Morgan fingerprint density at radius 1 is 1.39 bits per heavy atom. The molecule has 5 nitrogen and oxygen atoms in total. The molecule has 2 aromatic rings. The normalized spacial score (nSPS) is 11.8. The number of ether oxygens (including phenoxy) is 1. The molecule has 2 heterocycles. The largest absolute Gasteiger partial charge is 0.455 e. The number of pyridine rings is 1. The summed E-state index contributed by atoms with van der Waals surface area (Å²) in [5.41, 5.74) is 7.21. The Labute approximate surface area is 106 Å². The summed E-state index contributed by atoms with van der Waals surface area (Å²) in [4.78, 5) is 16.2. The first-order valence-corrected chi connectivity index (χ1v) is 5.75. The van der Waals surface area contributed by atoms with Gasteiger partial charge in [0.05, 0.1) is 0 Å². The van der Waals surface area contributed by atoms with E-state index in [1.54, 1.807) is 25.2 Å². The molecule has 5 heteroatoms. The van der Waals surface area contributed by atoms with Gasteiger partial charge < -0.3 is 10.5 Å². The van der Waals surface area contributed by atoms with Crippen LogP contribution in [0.5, 0.6) is 0 Å². The standard InChI is InChI=1S/C13H17N3O2/c1-8-5-6-9-15-10(11(14)16(9)7-8)12(17)18-13(2,3)4/h5-7H,14H2,1-4H3. The van der Waals surface area contributed by atoms with Crippen molar-refractivity contribution >= 4 is 17.4 Å². The number of hydrogen-bond acceptors (Lipinski definition) is 4. The molecule has 2 aromatic heterocycles. The number of rotatable bonds is 1. The molecule has 0 aliphatic heterocycles. The zero-order valence-electron chi connectivity index (χ0n) is 11.0. The lowest BCUT2D eigenvalue weighted by Crippen LogP contribution is -2.24. The van der Waals surface area contributed by atoms with Gasteiger partial charge in [-0.25, -0.2) is 9.78 Å². The van der Waals surface area contributed by atoms with Gasteiger partial charge in [0.25, 0.3) is 0 Å². The number of carbonyl (C=O) groups is 1. The van der Waals surface area contributed by atoms with Gasteiger partial charge in [0.15, 0.2) is 5.69 Å². The van der Waals surface area contributed by atoms with E-state index in [9.17, 15) is 4.79 Å². The molecule has 0 radical (unpaired) electrons. The van der Waals surface area contributed by atoms with Gasteiger partial charge in [-0.3, -0.25) is 4.40 Å². The predicted molar refractivity (Wildman–Crippen MR) is 69.5 cm³/mol. The molecule has 0 aliphatic rings. The van der Waals surface area contributed by atoms with Crippen LogP contribution in [0.15, 0.2) is 18.3 Å². The van der Waals surface area contributed by atoms with E-state index in [1.807, 2.05) is 25.3 Å². The van der Waals surface area contributed by atoms with Crippen LogP contribution in [0.1, 0.15) is 36.8 Å². The maximum absolute atomic E-state index is 12.0. The number of fused-ring (bicyclic) bond motifs is 1. The third kappa shape index (κ3) is 2.30. The maximum atomic E-state index is 12.0. The minimum Gasteiger partial charge on any atom is -0.455 e. The van der Waals surface area contributed by atoms with E-state index < -0.39 is 11.6 Å². The second-order valence-corrected chi connectivity index (χ2v) is 5.28. The van der Waals surface area contributed by atoms with Gasteiger partial charge in [-0.1, -0.05) is 6.07 Å². The highest BCUT2D eigenvalue weighted by Crippen LogP contribution is 2.19. The van der Waals surface area contributed by atoms with Gasteiger partial charge in [0.2, 0.25) is 0 Å². The summed E-state index contributed by atoms with van der Waals surface area (Å²) in [6, 6.07) is 3.74. The van der Waals surface area contributed by atoms with Crippen LogP contribution in [0, 0.1) is 6.92 Å². The van der Waals surface area contributed by atoms with Crippen molar-refractivity contribution in [3.05, 3.63) is 29.6 Å². The number of hydrogen-bond donors (Lipinski definition) is 1. The van der Waals surface area contributed by atoms with Crippen molar-refractivity contribution in [3.8, 4) is 0 Å². The first kappa shape index (κ1) is 12.4. The Bertz CT molecular complexity index is 608. The van der Waals surface area contributed by atoms with E-state index in [4.69, 9.17) is 10.5 Å². The summed E-state index contributed by atoms with van der Waals surface area (Å²) < 4.78 is 6.96. The Hall–Kier alpha value is -2.04. The van der Waals surface area contributed by atoms with Crippen molar-refractivity contribution in [3.63, 3.8) is 0 Å². The maximum Gasteiger partial charge on any atom is 0.361 e. The van der Waals surface area contributed by atoms with Gasteiger partial charge in [-0.15, -0.1) is 0 Å². The van der Waals surface area contributed by atoms with E-state index in [2.05, 4.69) is 4.98 Å². The highest BCUT2D eigenvalue weighted by Gasteiger charge is 2.23. The lowest BCUT2D eigenvalue weighted by atomic mass is 10.2. The molecule has 0 amide bonds. The van der Waals surface area contributed by atoms with Crippen LogP contribution in [0.25, 0.3) is 5.65 Å². The lowest BCUT2D eigenvalue weighted by molar-refractivity contribution is 0.00650. The summed E-state index contributed by atoms with van der Waals surface area (Å²) in [6.45, 7) is 7.37. The first-order chi connectivity index (χ1) is 8.28. The summed E-state index contributed by atoms with van der Waals surface area (Å²) >= 11 is 0. The molecule has 0 fully saturated rings. The fourth-order valence-electron chi connectivity index (χ4n) is 1.65. The van der Waals surface area contributed by atoms with Crippen molar-refractivity contribution in [1.29, 1.82) is 0 Å². The Balaban J connectivity index is 2.46. The van der Waals surface area contributed by atoms with Crippen molar-refractivity contribution in [2.24, 2.45) is 0 Å². The molecular formula is C13H17N3O2. The molecule has 0 saturated heterocycles. The fourth-order valence-corrected chi connectivity index (χ4v) is 1.65. The summed E-state index contributed by atoms with van der Waals surface area (Å²) in [5.74, 6) is -0.190. The summed E-state index contributed by atoms with van der Waals surface area (Å²) in [5, 5.41) is 0. The average Bonchev–Trinajstić information content (AvgIpc) is 2.54. The van der Waals surface area contributed by atoms with E-state index in [1.165, 1.54) is 0 Å². The topological polar surface area (TPSA) is 69.6 Å². The highest BCUT2D eigenvalue weighted by molar-refractivity contribution is 5.93. The minimum absolute atomic E-state index is 0.163. The van der Waals surface area contributed by atoms with Crippen LogP contribution < -0.4 is 5.73 Å². The number of nitrogens with zero attached hydrogens (tertiary/aromatic N) is 2. The zero-order valence-corrected chi connectivity index (χ0v) is 11.0. The Morgan fingerprint density at radius 2 is 2.06 bits per heavy atom. The quantitative estimate of drug-likeness (QED) is 0.784. The van der Waals surface area contributed by atoms with Crippen LogP contribution in [0.2, 0.25) is 0 Å². The minimum atomic E-state index is -0.560. The smallest absolute Gasteiger partial charge is 0.361 e. The van der Waals surface area contributed by atoms with Gasteiger partial charge in [-0.2, -0.15) is 0 Å². The van der Waals surface area contributed by atoms with E-state index in [0.717, 1.165) is 5.56 Å². The molecule has 0 bridgehead atoms. The molecule has 2 N–H and O–H groups in total. The molecule has 0 aromatic carbocycles. The second kappa shape index (κ2) is 4.01. The Kier molecular flexibility index (Phi) is 2.77. The predicted octanol–water partition coefficient (Wildman–Crippen LogP) is 2.18. The van der Waals surface area contributed by atoms with Crippen LogP contribution in [-0.2, 0) is 4.74 Å². The second-order valence-electron chi connectivity index (χ2n) is 5.28. The number of aryl methyl sites for hydroxylation is 1. The number of nitrogen functional groups attached to an aromatic ring is 1. The van der Waals surface area contributed by atoms with Gasteiger partial charge >= 0.3 is 5.97 Å². The van der Waals surface area contributed by atoms with Crippen molar-refractivity contribution < 1.29 is 9.53 Å². The third-order valence-electron chi connectivity index (χ3n) is 2.40. The fraction of sp³-hybridized carbons (Fsp3) is 0.385. The number of anilines is 1. The Morgan fingerprint density at radius 3 is 2.67 bits per heavy atom. The van der Waals surface area contributed by atoms with Crippen LogP contribution in [0.4, 0.5) is 5.82 Å². The molecule has 96 valence electrons. The zero-order chi connectivity index (χ0) is 13.5. The van der Waals surface area contributed by atoms with E-state index in [0.29, 0.717) is 11.5 Å². The molecule has 0 unspecified atom stereocenters. The summed E-state index contributed by atoms with van der Waals surface area (Å²) in [6.07, 6.45) is 1.84. The van der Waals surface area contributed by atoms with Crippen molar-refractivity contribution in [2.75, 3.05) is 5.73 Å². The van der Waals surface area contributed by atoms with Gasteiger partial charge in [0.1, 0.15) is 17.1 Å². The molecule has 0 atom stereocenters. The highest BCUT2D eigenvalue weighted by atomic mass is 16.6. The number of imidazole rings is 1. The number of aromatic nitrogens is 2. The van der Waals surface area contributed by atoms with E-state index in [-0.39, 0.29) is 5.69 Å². The van der Waals surface area contributed by atoms with Crippen molar-refractivity contribution in [1.82, 2.24) is 9.38 Å². The average molecular weight is 247 g/mol. The molecular weight excluding hydrogens is 230 g/mol. The number of nitrogens with two attached hydrogens (primary N) is 1. The monoisotopic (exact) mass is 247 g/mol. The number of carbonyl (C=O) groups excluding carboxylic acids is 1. The van der Waals surface area contributed by atoms with E-state index >= 15 is 0 Å². The third-order valence-corrected chi connectivity index (χ3v) is 2.40. The number of esters is 1. The first-order valence-electron chi connectivity index (χ1n) is 5.75. The van der Waals surface area contributed by atoms with Gasteiger partial charge in [0, 0.05) is 6.20 Å².